The molecule has 0 spiro atoms. The summed E-state index contributed by atoms with van der Waals surface area (Å²) in [5.74, 6) is 5.07. The molecule has 3 amide bonds. The van der Waals surface area contributed by atoms with Gasteiger partial charge in [-0.1, -0.05) is 36.1 Å². The molecule has 3 saturated heterocycles. The summed E-state index contributed by atoms with van der Waals surface area (Å²) in [5.41, 5.74) is 3.71. The van der Waals surface area contributed by atoms with Crippen LogP contribution in [-0.2, 0) is 37.4 Å². The van der Waals surface area contributed by atoms with Crippen LogP contribution in [0.5, 0.6) is 0 Å². The molecule has 0 radical (unpaired) electrons. The van der Waals surface area contributed by atoms with E-state index >= 15 is 0 Å². The first-order chi connectivity index (χ1) is 22.0. The standard InChI is InChI=1S/C32H38FN5O7S/c1-46(43,44)38-21-27(35-31(40)28-16-26(33)20-37(28)32(41)42)17-29(38)30(39)34-18-24-8-4-22(5-9-24)2-3-23-6-10-25(11-7-23)19-36-12-14-45-15-13-36/h4-11,26-29H,12-21H2,1H3,(H,34,39)(H,35,40)(H,41,42)/t26-,27+,28-,29+/m0/s1. The number of sulfonamides is 1. The molecule has 0 bridgehead atoms. The summed E-state index contributed by atoms with van der Waals surface area (Å²) in [5, 5.41) is 14.7. The molecule has 246 valence electrons. The molecule has 3 aliphatic heterocycles. The van der Waals surface area contributed by atoms with Crippen LogP contribution in [0.2, 0.25) is 0 Å². The van der Waals surface area contributed by atoms with Crippen LogP contribution in [-0.4, -0.2) is 115 Å². The van der Waals surface area contributed by atoms with Crippen molar-refractivity contribution in [2.75, 3.05) is 45.6 Å². The molecule has 2 aromatic rings. The maximum absolute atomic E-state index is 13.8. The highest BCUT2D eigenvalue weighted by Crippen LogP contribution is 2.24. The number of carbonyl (C=O) groups excluding carboxylic acids is 2. The lowest BCUT2D eigenvalue weighted by atomic mass is 10.1. The van der Waals surface area contributed by atoms with Crippen molar-refractivity contribution in [3.05, 3.63) is 70.8 Å². The average Bonchev–Trinajstić information content (AvgIpc) is 3.65. The molecular weight excluding hydrogens is 617 g/mol. The Bertz CT molecular complexity index is 1590. The normalized spacial score (nSPS) is 23.8. The first kappa shape index (κ1) is 33.3. The number of likely N-dealkylation sites (tertiary alicyclic amines) is 1. The highest BCUT2D eigenvalue weighted by molar-refractivity contribution is 7.88. The van der Waals surface area contributed by atoms with Gasteiger partial charge >= 0.3 is 6.09 Å². The van der Waals surface area contributed by atoms with E-state index in [-0.39, 0.29) is 25.9 Å². The van der Waals surface area contributed by atoms with E-state index in [2.05, 4.69) is 39.5 Å². The van der Waals surface area contributed by atoms with Crippen LogP contribution in [0.3, 0.4) is 0 Å². The topological polar surface area (TPSA) is 149 Å². The van der Waals surface area contributed by atoms with Crippen molar-refractivity contribution in [1.29, 1.82) is 0 Å². The predicted octanol–water partition coefficient (Wildman–Crippen LogP) is 1.14. The molecule has 4 atom stereocenters. The molecule has 3 fully saturated rings. The lowest BCUT2D eigenvalue weighted by Crippen LogP contribution is -2.49. The third-order valence-corrected chi connectivity index (χ3v) is 9.62. The fraction of sp³-hybridized carbons (Fsp3) is 0.469. The maximum Gasteiger partial charge on any atom is 0.408 e. The van der Waals surface area contributed by atoms with Crippen molar-refractivity contribution >= 4 is 27.9 Å². The summed E-state index contributed by atoms with van der Waals surface area (Å²) >= 11 is 0. The quantitative estimate of drug-likeness (QED) is 0.359. The Morgan fingerprint density at radius 2 is 1.52 bits per heavy atom. The number of hydrogen-bond acceptors (Lipinski definition) is 7. The monoisotopic (exact) mass is 655 g/mol. The number of ether oxygens (including phenoxy) is 1. The Morgan fingerprint density at radius 3 is 2.11 bits per heavy atom. The summed E-state index contributed by atoms with van der Waals surface area (Å²) in [7, 11) is -3.81. The molecule has 3 N–H and O–H groups in total. The second kappa shape index (κ2) is 14.6. The van der Waals surface area contributed by atoms with Gasteiger partial charge in [0.05, 0.1) is 26.0 Å². The minimum Gasteiger partial charge on any atom is -0.465 e. The van der Waals surface area contributed by atoms with Gasteiger partial charge in [-0.05, 0) is 41.8 Å². The number of hydrogen-bond donors (Lipinski definition) is 3. The number of halogens is 1. The largest absolute Gasteiger partial charge is 0.465 e. The first-order valence-electron chi connectivity index (χ1n) is 15.1. The van der Waals surface area contributed by atoms with Crippen LogP contribution in [0.25, 0.3) is 0 Å². The molecule has 3 heterocycles. The van der Waals surface area contributed by atoms with Crippen molar-refractivity contribution < 1.29 is 37.0 Å². The van der Waals surface area contributed by atoms with Gasteiger partial charge in [0.2, 0.25) is 21.8 Å². The van der Waals surface area contributed by atoms with Crippen LogP contribution >= 0.6 is 0 Å². The van der Waals surface area contributed by atoms with Gasteiger partial charge in [-0.2, -0.15) is 4.31 Å². The van der Waals surface area contributed by atoms with Gasteiger partial charge in [-0.3, -0.25) is 19.4 Å². The van der Waals surface area contributed by atoms with Crippen molar-refractivity contribution in [3.8, 4) is 11.8 Å². The number of amides is 3. The molecule has 0 aromatic heterocycles. The molecule has 5 rings (SSSR count). The van der Waals surface area contributed by atoms with Crippen molar-refractivity contribution in [3.63, 3.8) is 0 Å². The number of rotatable bonds is 8. The van der Waals surface area contributed by atoms with Gasteiger partial charge in [0, 0.05) is 56.3 Å². The molecule has 3 aliphatic rings. The number of nitrogens with one attached hydrogen (secondary N) is 2. The fourth-order valence-electron chi connectivity index (χ4n) is 5.93. The van der Waals surface area contributed by atoms with Crippen LogP contribution in [0, 0.1) is 11.8 Å². The summed E-state index contributed by atoms with van der Waals surface area (Å²) < 4.78 is 45.2. The third-order valence-electron chi connectivity index (χ3n) is 8.36. The van der Waals surface area contributed by atoms with Crippen molar-refractivity contribution in [2.45, 2.75) is 50.2 Å². The highest BCUT2D eigenvalue weighted by Gasteiger charge is 2.45. The lowest BCUT2D eigenvalue weighted by molar-refractivity contribution is -0.126. The second-order valence-electron chi connectivity index (χ2n) is 11.8. The zero-order valence-electron chi connectivity index (χ0n) is 25.5. The Morgan fingerprint density at radius 1 is 0.913 bits per heavy atom. The van der Waals surface area contributed by atoms with Crippen molar-refractivity contribution in [1.82, 2.24) is 24.7 Å². The summed E-state index contributed by atoms with van der Waals surface area (Å²) in [6.45, 7) is 3.86. The van der Waals surface area contributed by atoms with Gasteiger partial charge in [-0.15, -0.1) is 0 Å². The molecule has 2 aromatic carbocycles. The Kier molecular flexibility index (Phi) is 10.6. The molecule has 0 unspecified atom stereocenters. The fourth-order valence-corrected chi connectivity index (χ4v) is 7.02. The minimum atomic E-state index is -3.81. The zero-order valence-corrected chi connectivity index (χ0v) is 26.3. The van der Waals surface area contributed by atoms with Gasteiger partial charge in [0.25, 0.3) is 0 Å². The van der Waals surface area contributed by atoms with E-state index in [1.807, 2.05) is 36.4 Å². The van der Waals surface area contributed by atoms with E-state index in [1.165, 1.54) is 5.56 Å². The number of nitrogens with zero attached hydrogens (tertiary/aromatic N) is 3. The van der Waals surface area contributed by atoms with E-state index in [0.717, 1.165) is 65.0 Å². The molecule has 46 heavy (non-hydrogen) atoms. The third kappa shape index (κ3) is 8.61. The van der Waals surface area contributed by atoms with E-state index in [0.29, 0.717) is 0 Å². The number of carbonyl (C=O) groups is 3. The van der Waals surface area contributed by atoms with Gasteiger partial charge in [0.1, 0.15) is 18.3 Å². The maximum atomic E-state index is 13.8. The van der Waals surface area contributed by atoms with E-state index in [1.54, 1.807) is 0 Å². The van der Waals surface area contributed by atoms with Crippen LogP contribution in [0.1, 0.15) is 35.1 Å². The predicted molar refractivity (Wildman–Crippen MR) is 167 cm³/mol. The van der Waals surface area contributed by atoms with Gasteiger partial charge in [-0.25, -0.2) is 17.6 Å². The van der Waals surface area contributed by atoms with E-state index in [9.17, 15) is 32.3 Å². The molecule has 0 saturated carbocycles. The SMILES string of the molecule is CS(=O)(=O)N1C[C@H](NC(=O)[C@@H]2C[C@H](F)CN2C(=O)O)C[C@@H]1C(=O)NCc1ccc(C#Cc2ccc(CN3CCOCC3)cc2)cc1. The summed E-state index contributed by atoms with van der Waals surface area (Å²) in [6, 6.07) is 12.5. The molecule has 0 aliphatic carbocycles. The second-order valence-corrected chi connectivity index (χ2v) is 13.8. The van der Waals surface area contributed by atoms with Crippen LogP contribution in [0.4, 0.5) is 9.18 Å². The van der Waals surface area contributed by atoms with Crippen LogP contribution < -0.4 is 10.6 Å². The summed E-state index contributed by atoms with van der Waals surface area (Å²) in [4.78, 5) is 40.4. The first-order valence-corrected chi connectivity index (χ1v) is 17.0. The number of alkyl halides is 1. The number of carboxylic acid groups (broad SMARTS) is 1. The smallest absolute Gasteiger partial charge is 0.408 e. The number of morpholine rings is 1. The van der Waals surface area contributed by atoms with Crippen molar-refractivity contribution in [2.24, 2.45) is 0 Å². The molecule has 14 heteroatoms. The number of benzene rings is 2. The Balaban J connectivity index is 1.13. The average molecular weight is 656 g/mol. The van der Waals surface area contributed by atoms with Gasteiger partial charge in [0.15, 0.2) is 0 Å². The summed E-state index contributed by atoms with van der Waals surface area (Å²) in [6.07, 6.45) is -2.18. The van der Waals surface area contributed by atoms with Crippen LogP contribution in [0.15, 0.2) is 48.5 Å². The molecule has 12 nitrogen and oxygen atoms in total. The minimum absolute atomic E-state index is 0.00773. The van der Waals surface area contributed by atoms with E-state index in [4.69, 9.17) is 4.74 Å². The Labute approximate surface area is 267 Å². The van der Waals surface area contributed by atoms with Gasteiger partial charge < -0.3 is 20.5 Å². The molecular formula is C32H38FN5O7S. The van der Waals surface area contributed by atoms with E-state index < -0.39 is 58.8 Å². The zero-order chi connectivity index (χ0) is 32.8. The Hall–Kier alpha value is -4.03. The highest BCUT2D eigenvalue weighted by atomic mass is 32.2. The lowest BCUT2D eigenvalue weighted by Gasteiger charge is -2.26.